The van der Waals surface area contributed by atoms with E-state index in [2.05, 4.69) is 19.7 Å². The minimum absolute atomic E-state index is 0.0392. The molecule has 33 heavy (non-hydrogen) atoms. The Balaban J connectivity index is 1.50. The molecular formula is C22H16ClN5O4S. The van der Waals surface area contributed by atoms with Crippen LogP contribution in [0.1, 0.15) is 5.56 Å². The second kappa shape index (κ2) is 7.61. The molecule has 11 heteroatoms. The molecule has 0 atom stereocenters. The molecule has 0 aliphatic heterocycles. The monoisotopic (exact) mass is 481 g/mol. The number of imidazole rings is 1. The minimum Gasteiger partial charge on any atom is -0.316 e. The van der Waals surface area contributed by atoms with Gasteiger partial charge in [0.05, 0.1) is 26.6 Å². The summed E-state index contributed by atoms with van der Waals surface area (Å²) in [6.45, 7) is 1.60. The van der Waals surface area contributed by atoms with Gasteiger partial charge in [-0.1, -0.05) is 17.7 Å². The van der Waals surface area contributed by atoms with Crippen LogP contribution in [0.15, 0.2) is 75.5 Å². The fraction of sp³-hybridized carbons (Fsp3) is 0.0455. The van der Waals surface area contributed by atoms with E-state index in [0.717, 1.165) is 16.8 Å². The van der Waals surface area contributed by atoms with Gasteiger partial charge < -0.3 is 14.4 Å². The van der Waals surface area contributed by atoms with Crippen molar-refractivity contribution < 1.29 is 8.42 Å². The number of halogens is 1. The molecule has 5 rings (SSSR count). The highest BCUT2D eigenvalue weighted by Gasteiger charge is 2.19. The van der Waals surface area contributed by atoms with Crippen molar-refractivity contribution in [1.82, 2.24) is 19.4 Å². The lowest BCUT2D eigenvalue weighted by molar-refractivity contribution is 0.600. The summed E-state index contributed by atoms with van der Waals surface area (Å²) in [7, 11) is -4.01. The van der Waals surface area contributed by atoms with Crippen molar-refractivity contribution in [3.63, 3.8) is 0 Å². The Bertz CT molecular complexity index is 1790. The van der Waals surface area contributed by atoms with Crippen LogP contribution in [0.3, 0.4) is 0 Å². The number of rotatable bonds is 4. The van der Waals surface area contributed by atoms with E-state index in [4.69, 9.17) is 11.6 Å². The summed E-state index contributed by atoms with van der Waals surface area (Å²) < 4.78 is 30.5. The number of nitrogens with one attached hydrogen (secondary N) is 3. The number of nitrogens with zero attached hydrogens (tertiary/aromatic N) is 2. The second-order valence-corrected chi connectivity index (χ2v) is 9.54. The average Bonchev–Trinajstić information content (AvgIpc) is 3.22. The smallest absolute Gasteiger partial charge is 0.314 e. The molecule has 0 aliphatic carbocycles. The number of hydrogen-bond donors (Lipinski definition) is 3. The topological polar surface area (TPSA) is 129 Å². The van der Waals surface area contributed by atoms with Gasteiger partial charge in [0.25, 0.3) is 10.0 Å². The lowest BCUT2D eigenvalue weighted by Gasteiger charge is -2.13. The van der Waals surface area contributed by atoms with Gasteiger partial charge in [-0.25, -0.2) is 13.4 Å². The molecule has 0 fully saturated rings. The number of hydrogen-bond acceptors (Lipinski definition) is 5. The molecule has 0 unspecified atom stereocenters. The van der Waals surface area contributed by atoms with Crippen molar-refractivity contribution in [3.05, 3.63) is 92.3 Å². The molecule has 0 amide bonds. The molecule has 166 valence electrons. The molecule has 0 spiro atoms. The molecule has 0 radical (unpaired) electrons. The maximum atomic E-state index is 13.1. The Morgan fingerprint density at radius 3 is 2.42 bits per heavy atom. The number of fused-ring (bicyclic) bond motifs is 2. The van der Waals surface area contributed by atoms with Crippen LogP contribution >= 0.6 is 11.6 Å². The summed E-state index contributed by atoms with van der Waals surface area (Å²) in [5.41, 5.74) is 1.88. The highest BCUT2D eigenvalue weighted by molar-refractivity contribution is 7.92. The van der Waals surface area contributed by atoms with Gasteiger partial charge >= 0.3 is 11.1 Å². The summed E-state index contributed by atoms with van der Waals surface area (Å²) in [5, 5.41) is 0.364. The van der Waals surface area contributed by atoms with Crippen LogP contribution < -0.4 is 15.8 Å². The molecule has 0 saturated carbocycles. The van der Waals surface area contributed by atoms with Gasteiger partial charge in [0, 0.05) is 24.2 Å². The van der Waals surface area contributed by atoms with E-state index in [1.54, 1.807) is 25.3 Å². The lowest BCUT2D eigenvalue weighted by Crippen LogP contribution is -2.29. The minimum atomic E-state index is -4.01. The van der Waals surface area contributed by atoms with Crippen molar-refractivity contribution >= 4 is 44.0 Å². The molecule has 2 aromatic carbocycles. The lowest BCUT2D eigenvalue weighted by atomic mass is 10.1. The van der Waals surface area contributed by atoms with E-state index in [1.807, 2.05) is 28.9 Å². The van der Waals surface area contributed by atoms with Gasteiger partial charge in [-0.2, -0.15) is 0 Å². The van der Waals surface area contributed by atoms with E-state index < -0.39 is 21.1 Å². The third-order valence-corrected chi connectivity index (χ3v) is 7.07. The number of anilines is 1. The van der Waals surface area contributed by atoms with Crippen LogP contribution in [0.5, 0.6) is 0 Å². The van der Waals surface area contributed by atoms with Crippen molar-refractivity contribution in [2.45, 2.75) is 11.8 Å². The highest BCUT2D eigenvalue weighted by Crippen LogP contribution is 2.32. The standard InChI is InChI=1S/C22H16ClN5O4S/c1-12-8-17-18(26-22(30)21(29)25-17)11-19(12)33(31,32)27-14-2-3-15(16(23)10-14)13-4-6-28-7-5-24-20(28)9-13/h2-11,27H,1H3,(H,25,29)(H,26,30). The predicted octanol–water partition coefficient (Wildman–Crippen LogP) is 3.29. The van der Waals surface area contributed by atoms with Crippen LogP contribution in [-0.4, -0.2) is 27.8 Å². The Morgan fingerprint density at radius 2 is 1.70 bits per heavy atom. The maximum Gasteiger partial charge on any atom is 0.314 e. The zero-order chi connectivity index (χ0) is 23.3. The summed E-state index contributed by atoms with van der Waals surface area (Å²) in [4.78, 5) is 32.2. The number of benzene rings is 2. The van der Waals surface area contributed by atoms with E-state index in [1.165, 1.54) is 18.2 Å². The van der Waals surface area contributed by atoms with Gasteiger partial charge in [-0.3, -0.25) is 14.3 Å². The maximum absolute atomic E-state index is 13.1. The quantitative estimate of drug-likeness (QED) is 0.339. The zero-order valence-electron chi connectivity index (χ0n) is 17.1. The Hall–Kier alpha value is -3.89. The first kappa shape index (κ1) is 21.0. The molecule has 0 bridgehead atoms. The van der Waals surface area contributed by atoms with E-state index in [9.17, 15) is 18.0 Å². The molecule has 5 aromatic rings. The molecule has 3 heterocycles. The van der Waals surface area contributed by atoms with Crippen LogP contribution in [0.4, 0.5) is 5.69 Å². The summed E-state index contributed by atoms with van der Waals surface area (Å²) in [6.07, 6.45) is 5.39. The van der Waals surface area contributed by atoms with Gasteiger partial charge in [0.1, 0.15) is 5.65 Å². The number of aromatic nitrogens is 4. The first-order valence-corrected chi connectivity index (χ1v) is 11.6. The van der Waals surface area contributed by atoms with Crippen LogP contribution in [0.2, 0.25) is 5.02 Å². The summed E-state index contributed by atoms with van der Waals surface area (Å²) in [5.74, 6) is 0. The van der Waals surface area contributed by atoms with Crippen molar-refractivity contribution in [2.24, 2.45) is 0 Å². The molecule has 0 saturated heterocycles. The largest absolute Gasteiger partial charge is 0.316 e. The predicted molar refractivity (Wildman–Crippen MR) is 126 cm³/mol. The fourth-order valence-corrected chi connectivity index (χ4v) is 5.24. The third kappa shape index (κ3) is 3.79. The Labute approximate surface area is 191 Å². The van der Waals surface area contributed by atoms with E-state index >= 15 is 0 Å². The van der Waals surface area contributed by atoms with Crippen molar-refractivity contribution in [2.75, 3.05) is 4.72 Å². The van der Waals surface area contributed by atoms with Gasteiger partial charge in [-0.05, 0) is 54.4 Å². The first-order chi connectivity index (χ1) is 15.7. The summed E-state index contributed by atoms with van der Waals surface area (Å²) in [6, 6.07) is 11.4. The van der Waals surface area contributed by atoms with E-state index in [-0.39, 0.29) is 16.1 Å². The number of aromatic amines is 2. The van der Waals surface area contributed by atoms with E-state index in [0.29, 0.717) is 16.1 Å². The fourth-order valence-electron chi connectivity index (χ4n) is 3.64. The molecule has 3 aromatic heterocycles. The van der Waals surface area contributed by atoms with Crippen molar-refractivity contribution in [3.8, 4) is 11.1 Å². The number of aryl methyl sites for hydroxylation is 1. The SMILES string of the molecule is Cc1cc2[nH]c(=O)c(=O)[nH]c2cc1S(=O)(=O)Nc1ccc(-c2ccn3ccnc3c2)c(Cl)c1. The molecular weight excluding hydrogens is 466 g/mol. The number of sulfonamides is 1. The second-order valence-electron chi connectivity index (χ2n) is 7.48. The van der Waals surface area contributed by atoms with Gasteiger partial charge in [0.15, 0.2) is 0 Å². The van der Waals surface area contributed by atoms with Gasteiger partial charge in [0.2, 0.25) is 0 Å². The average molecular weight is 482 g/mol. The first-order valence-electron chi connectivity index (χ1n) is 9.74. The highest BCUT2D eigenvalue weighted by atomic mass is 35.5. The Kier molecular flexibility index (Phi) is 4.84. The molecule has 3 N–H and O–H groups in total. The zero-order valence-corrected chi connectivity index (χ0v) is 18.7. The Morgan fingerprint density at radius 1 is 0.970 bits per heavy atom. The van der Waals surface area contributed by atoms with Crippen LogP contribution in [0.25, 0.3) is 27.8 Å². The number of pyridine rings is 1. The molecule has 0 aliphatic rings. The van der Waals surface area contributed by atoms with Crippen LogP contribution in [0, 0.1) is 6.92 Å². The molecule has 9 nitrogen and oxygen atoms in total. The third-order valence-electron chi connectivity index (χ3n) is 5.24. The van der Waals surface area contributed by atoms with Crippen LogP contribution in [-0.2, 0) is 10.0 Å². The van der Waals surface area contributed by atoms with Gasteiger partial charge in [-0.15, -0.1) is 0 Å². The van der Waals surface area contributed by atoms with Crippen molar-refractivity contribution in [1.29, 1.82) is 0 Å². The normalized spacial score (nSPS) is 11.8. The summed E-state index contributed by atoms with van der Waals surface area (Å²) >= 11 is 6.47. The number of H-pyrrole nitrogens is 2.